The summed E-state index contributed by atoms with van der Waals surface area (Å²) in [6.07, 6.45) is -0.671. The topological polar surface area (TPSA) is 114 Å². The number of amides is 2. The first-order valence-corrected chi connectivity index (χ1v) is 8.02. The number of hydrogen-bond acceptors (Lipinski definition) is 6. The van der Waals surface area contributed by atoms with Crippen LogP contribution in [0.2, 0.25) is 0 Å². The van der Waals surface area contributed by atoms with E-state index in [9.17, 15) is 9.90 Å². The number of phenols is 1. The quantitative estimate of drug-likeness (QED) is 0.382. The van der Waals surface area contributed by atoms with Crippen LogP contribution in [0, 0.1) is 5.92 Å². The van der Waals surface area contributed by atoms with Crippen molar-refractivity contribution >= 4 is 6.03 Å². The van der Waals surface area contributed by atoms with Crippen LogP contribution in [0.25, 0.3) is 0 Å². The van der Waals surface area contributed by atoms with Gasteiger partial charge in [0.05, 0.1) is 0 Å². The number of phenolic OH excluding ortho intramolecular Hbond substituents is 1. The maximum Gasteiger partial charge on any atom is 0.317 e. The first-order valence-electron chi connectivity index (χ1n) is 8.02. The third-order valence-corrected chi connectivity index (χ3v) is 3.74. The van der Waals surface area contributed by atoms with Crippen LogP contribution in [-0.2, 0) is 0 Å². The standard InChI is InChI=1S/C16H25N3O5/c20-10-12-8-19(9-12)16(23)18-6-5-17-7-14(22)11-24-15-3-1-13(21)2-4-15/h1-4,12,14,17,20-22H,5-11H2,(H,18,23). The van der Waals surface area contributed by atoms with E-state index in [1.807, 2.05) is 0 Å². The van der Waals surface area contributed by atoms with Crippen molar-refractivity contribution in [3.63, 3.8) is 0 Å². The molecule has 1 aromatic carbocycles. The summed E-state index contributed by atoms with van der Waals surface area (Å²) in [7, 11) is 0. The Bertz CT molecular complexity index is 505. The van der Waals surface area contributed by atoms with Crippen molar-refractivity contribution in [2.45, 2.75) is 6.10 Å². The number of nitrogens with one attached hydrogen (secondary N) is 2. The average molecular weight is 339 g/mol. The zero-order valence-electron chi connectivity index (χ0n) is 13.5. The molecule has 0 radical (unpaired) electrons. The van der Waals surface area contributed by atoms with Gasteiger partial charge >= 0.3 is 6.03 Å². The maximum absolute atomic E-state index is 11.7. The zero-order chi connectivity index (χ0) is 17.4. The van der Waals surface area contributed by atoms with Crippen molar-refractivity contribution in [3.8, 4) is 11.5 Å². The molecule has 0 bridgehead atoms. The van der Waals surface area contributed by atoms with Crippen LogP contribution in [0.3, 0.4) is 0 Å². The van der Waals surface area contributed by atoms with E-state index in [4.69, 9.17) is 14.9 Å². The van der Waals surface area contributed by atoms with E-state index in [1.54, 1.807) is 17.0 Å². The third-order valence-electron chi connectivity index (χ3n) is 3.74. The fourth-order valence-electron chi connectivity index (χ4n) is 2.28. The molecule has 1 aliphatic rings. The molecule has 1 heterocycles. The number of carbonyl (C=O) groups is 1. The molecule has 2 amide bonds. The van der Waals surface area contributed by atoms with Gasteiger partial charge in [-0.1, -0.05) is 0 Å². The summed E-state index contributed by atoms with van der Waals surface area (Å²) in [5, 5.41) is 33.7. The first-order chi connectivity index (χ1) is 11.6. The van der Waals surface area contributed by atoms with Gasteiger partial charge in [-0.2, -0.15) is 0 Å². The Balaban J connectivity index is 1.48. The summed E-state index contributed by atoms with van der Waals surface area (Å²) in [5.41, 5.74) is 0. The van der Waals surface area contributed by atoms with Crippen LogP contribution in [0.4, 0.5) is 4.79 Å². The SMILES string of the molecule is O=C(NCCNCC(O)COc1ccc(O)cc1)N1CC(CO)C1. The number of carbonyl (C=O) groups excluding carboxylic acids is 1. The van der Waals surface area contributed by atoms with E-state index < -0.39 is 6.10 Å². The fourth-order valence-corrected chi connectivity index (χ4v) is 2.28. The Kier molecular flexibility index (Phi) is 7.10. The molecule has 5 N–H and O–H groups in total. The molecular weight excluding hydrogens is 314 g/mol. The summed E-state index contributed by atoms with van der Waals surface area (Å²) in [4.78, 5) is 13.3. The smallest absolute Gasteiger partial charge is 0.317 e. The van der Waals surface area contributed by atoms with Crippen LogP contribution in [0.1, 0.15) is 0 Å². The lowest BCUT2D eigenvalue weighted by Gasteiger charge is -2.38. The summed E-state index contributed by atoms with van der Waals surface area (Å²) in [6.45, 7) is 2.82. The third kappa shape index (κ3) is 5.88. The van der Waals surface area contributed by atoms with Crippen LogP contribution in [-0.4, -0.2) is 78.3 Å². The van der Waals surface area contributed by atoms with Gasteiger partial charge < -0.3 is 35.6 Å². The highest BCUT2D eigenvalue weighted by atomic mass is 16.5. The Morgan fingerprint density at radius 1 is 1.29 bits per heavy atom. The normalized spacial score (nSPS) is 15.7. The number of aromatic hydroxyl groups is 1. The minimum absolute atomic E-state index is 0.120. The monoisotopic (exact) mass is 339 g/mol. The molecule has 1 unspecified atom stereocenters. The van der Waals surface area contributed by atoms with Gasteiger partial charge in [0, 0.05) is 45.2 Å². The highest BCUT2D eigenvalue weighted by molar-refractivity contribution is 5.75. The number of benzene rings is 1. The van der Waals surface area contributed by atoms with Gasteiger partial charge in [-0.15, -0.1) is 0 Å². The summed E-state index contributed by atoms with van der Waals surface area (Å²) in [6, 6.07) is 6.16. The van der Waals surface area contributed by atoms with Gasteiger partial charge in [-0.05, 0) is 24.3 Å². The van der Waals surface area contributed by atoms with Gasteiger partial charge in [0.25, 0.3) is 0 Å². The number of ether oxygens (including phenoxy) is 1. The zero-order valence-corrected chi connectivity index (χ0v) is 13.5. The summed E-state index contributed by atoms with van der Waals surface area (Å²) in [5.74, 6) is 0.948. The van der Waals surface area contributed by atoms with Crippen molar-refractivity contribution in [1.29, 1.82) is 0 Å². The fraction of sp³-hybridized carbons (Fsp3) is 0.562. The van der Waals surface area contributed by atoms with Crippen molar-refractivity contribution in [2.24, 2.45) is 5.92 Å². The maximum atomic E-state index is 11.7. The molecule has 8 nitrogen and oxygen atoms in total. The molecule has 0 spiro atoms. The molecule has 2 rings (SSSR count). The van der Waals surface area contributed by atoms with Crippen molar-refractivity contribution in [3.05, 3.63) is 24.3 Å². The predicted octanol–water partition coefficient (Wildman–Crippen LogP) is -0.645. The summed E-state index contributed by atoms with van der Waals surface area (Å²) >= 11 is 0. The summed E-state index contributed by atoms with van der Waals surface area (Å²) < 4.78 is 5.39. The number of urea groups is 1. The molecule has 8 heteroatoms. The molecule has 134 valence electrons. The van der Waals surface area contributed by atoms with Crippen LogP contribution in [0.5, 0.6) is 11.5 Å². The molecule has 1 atom stereocenters. The van der Waals surface area contributed by atoms with Crippen LogP contribution < -0.4 is 15.4 Å². The van der Waals surface area contributed by atoms with Crippen molar-refractivity contribution in [2.75, 3.05) is 45.9 Å². The Hall–Kier alpha value is -2.03. The lowest BCUT2D eigenvalue weighted by Crippen LogP contribution is -2.55. The second-order valence-corrected chi connectivity index (χ2v) is 5.85. The van der Waals surface area contributed by atoms with Crippen LogP contribution >= 0.6 is 0 Å². The average Bonchev–Trinajstić information content (AvgIpc) is 2.53. The molecule has 24 heavy (non-hydrogen) atoms. The Morgan fingerprint density at radius 3 is 2.67 bits per heavy atom. The van der Waals surface area contributed by atoms with E-state index >= 15 is 0 Å². The highest BCUT2D eigenvalue weighted by Gasteiger charge is 2.29. The van der Waals surface area contributed by atoms with E-state index in [1.165, 1.54) is 12.1 Å². The number of nitrogens with zero attached hydrogens (tertiary/aromatic N) is 1. The lowest BCUT2D eigenvalue weighted by atomic mass is 10.0. The van der Waals surface area contributed by atoms with Gasteiger partial charge in [-0.3, -0.25) is 0 Å². The minimum atomic E-state index is -0.671. The number of hydrogen-bond donors (Lipinski definition) is 5. The second kappa shape index (κ2) is 9.31. The lowest BCUT2D eigenvalue weighted by molar-refractivity contribution is 0.0776. The van der Waals surface area contributed by atoms with Gasteiger partial charge in [-0.25, -0.2) is 4.79 Å². The second-order valence-electron chi connectivity index (χ2n) is 5.85. The highest BCUT2D eigenvalue weighted by Crippen LogP contribution is 2.16. The molecule has 0 saturated carbocycles. The molecule has 1 aliphatic heterocycles. The number of rotatable bonds is 9. The number of aliphatic hydroxyl groups is 2. The molecular formula is C16H25N3O5. The van der Waals surface area contributed by atoms with Crippen LogP contribution in [0.15, 0.2) is 24.3 Å². The van der Waals surface area contributed by atoms with Gasteiger partial charge in [0.15, 0.2) is 0 Å². The van der Waals surface area contributed by atoms with Crippen molar-refractivity contribution < 1.29 is 24.9 Å². The Morgan fingerprint density at radius 2 is 2.00 bits per heavy atom. The van der Waals surface area contributed by atoms with E-state index in [-0.39, 0.29) is 30.9 Å². The van der Waals surface area contributed by atoms with E-state index in [0.29, 0.717) is 38.5 Å². The number of aliphatic hydroxyl groups excluding tert-OH is 2. The molecule has 1 saturated heterocycles. The molecule has 1 fully saturated rings. The van der Waals surface area contributed by atoms with Gasteiger partial charge in [0.1, 0.15) is 24.2 Å². The molecule has 1 aromatic rings. The van der Waals surface area contributed by atoms with E-state index in [2.05, 4.69) is 10.6 Å². The van der Waals surface area contributed by atoms with E-state index in [0.717, 1.165) is 0 Å². The van der Waals surface area contributed by atoms with Gasteiger partial charge in [0.2, 0.25) is 0 Å². The minimum Gasteiger partial charge on any atom is -0.508 e. The Labute approximate surface area is 141 Å². The molecule has 0 aliphatic carbocycles. The number of likely N-dealkylation sites (tertiary alicyclic amines) is 1. The van der Waals surface area contributed by atoms with Crippen molar-refractivity contribution in [1.82, 2.24) is 15.5 Å². The predicted molar refractivity (Wildman–Crippen MR) is 88.0 cm³/mol. The largest absolute Gasteiger partial charge is 0.508 e. The molecule has 0 aromatic heterocycles. The first kappa shape index (κ1) is 18.3.